The van der Waals surface area contributed by atoms with Gasteiger partial charge >= 0.3 is 0 Å². The van der Waals surface area contributed by atoms with Gasteiger partial charge in [-0.05, 0) is 42.0 Å². The Kier molecular flexibility index (Phi) is 5.34. The van der Waals surface area contributed by atoms with Crippen LogP contribution in [0.5, 0.6) is 11.5 Å². The zero-order valence-electron chi connectivity index (χ0n) is 16.2. The van der Waals surface area contributed by atoms with Crippen LogP contribution in [-0.4, -0.2) is 25.5 Å². The lowest BCUT2D eigenvalue weighted by Crippen LogP contribution is -2.38. The van der Waals surface area contributed by atoms with Crippen LogP contribution in [0.3, 0.4) is 0 Å². The average molecular weight is 406 g/mol. The molecule has 0 atom stereocenters. The van der Waals surface area contributed by atoms with Gasteiger partial charge in [0.25, 0.3) is 11.8 Å². The van der Waals surface area contributed by atoms with Gasteiger partial charge < -0.3 is 19.7 Å². The van der Waals surface area contributed by atoms with Gasteiger partial charge in [0.15, 0.2) is 6.61 Å². The molecule has 1 heterocycles. The number of nitrogens with zero attached hydrogens (tertiary/aromatic N) is 1. The summed E-state index contributed by atoms with van der Waals surface area (Å²) in [5, 5.41) is 2.82. The fourth-order valence-corrected chi connectivity index (χ4v) is 3.26. The van der Waals surface area contributed by atoms with Crippen molar-refractivity contribution in [2.24, 2.45) is 0 Å². The van der Waals surface area contributed by atoms with Crippen LogP contribution in [0.4, 0.5) is 15.8 Å². The monoisotopic (exact) mass is 406 g/mol. The minimum atomic E-state index is -0.331. The maximum Gasteiger partial charge on any atom is 0.265 e. The van der Waals surface area contributed by atoms with Crippen molar-refractivity contribution in [1.82, 2.24) is 0 Å². The molecule has 0 saturated carbocycles. The molecule has 30 heavy (non-hydrogen) atoms. The van der Waals surface area contributed by atoms with Crippen LogP contribution in [0.2, 0.25) is 0 Å². The average Bonchev–Trinajstić information content (AvgIpc) is 2.77. The Hall–Kier alpha value is -3.87. The van der Waals surface area contributed by atoms with E-state index in [-0.39, 0.29) is 24.2 Å². The van der Waals surface area contributed by atoms with Gasteiger partial charge in [-0.3, -0.25) is 9.59 Å². The third-order valence-electron chi connectivity index (χ3n) is 4.77. The summed E-state index contributed by atoms with van der Waals surface area (Å²) < 4.78 is 24.0. The van der Waals surface area contributed by atoms with Crippen LogP contribution < -0.4 is 19.7 Å². The predicted molar refractivity (Wildman–Crippen MR) is 110 cm³/mol. The molecular formula is C23H19FN2O4. The number of carbonyl (C=O) groups excluding carboxylic acids is 2. The summed E-state index contributed by atoms with van der Waals surface area (Å²) in [7, 11) is 1.51. The molecule has 1 aliphatic heterocycles. The number of amides is 2. The second-order valence-electron chi connectivity index (χ2n) is 6.73. The van der Waals surface area contributed by atoms with Crippen LogP contribution in [0, 0.1) is 5.82 Å². The van der Waals surface area contributed by atoms with Gasteiger partial charge in [-0.1, -0.05) is 24.3 Å². The Bertz CT molecular complexity index is 1100. The molecule has 4 rings (SSSR count). The summed E-state index contributed by atoms with van der Waals surface area (Å²) in [6.07, 6.45) is 0. The first kappa shape index (κ1) is 19.4. The lowest BCUT2D eigenvalue weighted by atomic mass is 10.1. The Labute approximate surface area is 172 Å². The molecule has 7 heteroatoms. The number of rotatable bonds is 5. The zero-order chi connectivity index (χ0) is 21.1. The van der Waals surface area contributed by atoms with E-state index in [0.29, 0.717) is 35.0 Å². The van der Waals surface area contributed by atoms with Crippen molar-refractivity contribution in [2.45, 2.75) is 6.54 Å². The van der Waals surface area contributed by atoms with Gasteiger partial charge in [0.2, 0.25) is 0 Å². The normalized spacial score (nSPS) is 12.7. The van der Waals surface area contributed by atoms with Crippen molar-refractivity contribution in [3.8, 4) is 11.5 Å². The van der Waals surface area contributed by atoms with Crippen LogP contribution in [0.15, 0.2) is 66.7 Å². The van der Waals surface area contributed by atoms with Gasteiger partial charge in [-0.15, -0.1) is 0 Å². The summed E-state index contributed by atoms with van der Waals surface area (Å²) in [4.78, 5) is 26.6. The number of hydrogen-bond donors (Lipinski definition) is 1. The van der Waals surface area contributed by atoms with Crippen molar-refractivity contribution >= 4 is 23.2 Å². The van der Waals surface area contributed by atoms with Crippen molar-refractivity contribution in [3.63, 3.8) is 0 Å². The van der Waals surface area contributed by atoms with Gasteiger partial charge in [-0.2, -0.15) is 0 Å². The number of hydrogen-bond acceptors (Lipinski definition) is 4. The van der Waals surface area contributed by atoms with Gasteiger partial charge in [0.1, 0.15) is 17.3 Å². The third-order valence-corrected chi connectivity index (χ3v) is 4.77. The second-order valence-corrected chi connectivity index (χ2v) is 6.73. The van der Waals surface area contributed by atoms with Gasteiger partial charge in [0.05, 0.1) is 24.9 Å². The highest BCUT2D eigenvalue weighted by Crippen LogP contribution is 2.35. The molecule has 2 amide bonds. The summed E-state index contributed by atoms with van der Waals surface area (Å²) >= 11 is 0. The molecule has 6 nitrogen and oxygen atoms in total. The molecule has 0 unspecified atom stereocenters. The number of ether oxygens (including phenoxy) is 2. The number of carbonyl (C=O) groups is 2. The number of halogens is 1. The molecule has 1 N–H and O–H groups in total. The number of benzene rings is 3. The molecule has 3 aromatic rings. The summed E-state index contributed by atoms with van der Waals surface area (Å²) in [5.41, 5.74) is 2.32. The Balaban J connectivity index is 1.56. The molecule has 152 valence electrons. The van der Waals surface area contributed by atoms with Crippen LogP contribution in [-0.2, 0) is 11.3 Å². The highest BCUT2D eigenvalue weighted by molar-refractivity contribution is 6.06. The van der Waals surface area contributed by atoms with Crippen molar-refractivity contribution in [1.29, 1.82) is 0 Å². The molecular weight excluding hydrogens is 387 g/mol. The molecule has 0 bridgehead atoms. The van der Waals surface area contributed by atoms with E-state index >= 15 is 0 Å². The largest absolute Gasteiger partial charge is 0.496 e. The zero-order valence-corrected chi connectivity index (χ0v) is 16.2. The van der Waals surface area contributed by atoms with E-state index in [0.717, 1.165) is 5.56 Å². The van der Waals surface area contributed by atoms with Crippen LogP contribution >= 0.6 is 0 Å². The van der Waals surface area contributed by atoms with E-state index in [1.165, 1.54) is 19.2 Å². The lowest BCUT2D eigenvalue weighted by molar-refractivity contribution is -0.121. The van der Waals surface area contributed by atoms with E-state index in [9.17, 15) is 14.0 Å². The van der Waals surface area contributed by atoms with Crippen LogP contribution in [0.25, 0.3) is 0 Å². The summed E-state index contributed by atoms with van der Waals surface area (Å²) in [6, 6.07) is 18.0. The molecule has 0 aromatic heterocycles. The van der Waals surface area contributed by atoms with Crippen molar-refractivity contribution in [3.05, 3.63) is 83.7 Å². The molecule has 0 spiro atoms. The van der Waals surface area contributed by atoms with E-state index in [1.54, 1.807) is 59.5 Å². The quantitative estimate of drug-likeness (QED) is 0.695. The number of methoxy groups -OCH3 is 1. The minimum absolute atomic E-state index is 0.113. The van der Waals surface area contributed by atoms with Crippen LogP contribution in [0.1, 0.15) is 15.9 Å². The highest BCUT2D eigenvalue weighted by atomic mass is 19.1. The van der Waals surface area contributed by atoms with E-state index < -0.39 is 0 Å². The number of nitrogens with one attached hydrogen (secondary N) is 1. The Morgan fingerprint density at radius 2 is 1.90 bits per heavy atom. The molecule has 0 saturated heterocycles. The van der Waals surface area contributed by atoms with Crippen molar-refractivity contribution < 1.29 is 23.5 Å². The van der Waals surface area contributed by atoms with Crippen molar-refractivity contribution in [2.75, 3.05) is 23.9 Å². The Morgan fingerprint density at radius 1 is 1.13 bits per heavy atom. The van der Waals surface area contributed by atoms with Gasteiger partial charge in [-0.25, -0.2) is 4.39 Å². The molecule has 0 radical (unpaired) electrons. The standard InChI is InChI=1S/C23H19FN2O4/c1-29-20-5-3-2-4-18(20)23(28)25-17-10-11-19-21(12-17)30-14-22(27)26(19)13-15-6-8-16(24)9-7-15/h2-12H,13-14H2,1H3,(H,25,28). The number of fused-ring (bicyclic) bond motifs is 1. The summed E-state index contributed by atoms with van der Waals surface area (Å²) in [6.45, 7) is 0.181. The first-order valence-corrected chi connectivity index (χ1v) is 9.31. The lowest BCUT2D eigenvalue weighted by Gasteiger charge is -2.29. The molecule has 1 aliphatic rings. The highest BCUT2D eigenvalue weighted by Gasteiger charge is 2.26. The smallest absolute Gasteiger partial charge is 0.265 e. The van der Waals surface area contributed by atoms with E-state index in [1.807, 2.05) is 0 Å². The number of anilines is 2. The molecule has 3 aromatic carbocycles. The first-order valence-electron chi connectivity index (χ1n) is 9.31. The fraction of sp³-hybridized carbons (Fsp3) is 0.130. The molecule has 0 fully saturated rings. The summed E-state index contributed by atoms with van der Waals surface area (Å²) in [5.74, 6) is 0.109. The second kappa shape index (κ2) is 8.24. The maximum atomic E-state index is 13.2. The Morgan fingerprint density at radius 3 is 2.67 bits per heavy atom. The van der Waals surface area contributed by atoms with E-state index in [4.69, 9.17) is 9.47 Å². The minimum Gasteiger partial charge on any atom is -0.496 e. The van der Waals surface area contributed by atoms with Gasteiger partial charge in [0, 0.05) is 11.8 Å². The fourth-order valence-electron chi connectivity index (χ4n) is 3.26. The van der Waals surface area contributed by atoms with E-state index in [2.05, 4.69) is 5.32 Å². The SMILES string of the molecule is COc1ccccc1C(=O)Nc1ccc2c(c1)OCC(=O)N2Cc1ccc(F)cc1. The number of para-hydroxylation sites is 1. The topological polar surface area (TPSA) is 67.9 Å². The predicted octanol–water partition coefficient (Wildman–Crippen LogP) is 4.01. The maximum absolute atomic E-state index is 13.2. The molecule has 0 aliphatic carbocycles. The third kappa shape index (κ3) is 3.96. The first-order chi connectivity index (χ1) is 14.5.